The molecule has 5 aromatic rings. The number of nitrogens with one attached hydrogen (secondary N) is 1. The number of fused-ring (bicyclic) bond motifs is 1. The van der Waals surface area contributed by atoms with Gasteiger partial charge in [0.1, 0.15) is 12.4 Å². The smallest absolute Gasteiger partial charge is 0.190 e. The highest BCUT2D eigenvalue weighted by molar-refractivity contribution is 6.30. The van der Waals surface area contributed by atoms with E-state index >= 15 is 8.78 Å². The number of aromatic amines is 1. The Labute approximate surface area is 222 Å². The fourth-order valence-electron chi connectivity index (χ4n) is 5.41. The molecule has 2 aromatic heterocycles. The molecule has 0 radical (unpaired) electrons. The quantitative estimate of drug-likeness (QED) is 0.243. The maximum atomic E-state index is 15.1. The number of halogens is 3. The fraction of sp³-hybridized carbons (Fsp3) is 0.286. The van der Waals surface area contributed by atoms with Crippen LogP contribution in [-0.4, -0.2) is 36.8 Å². The van der Waals surface area contributed by atoms with Crippen molar-refractivity contribution in [2.24, 2.45) is 5.92 Å². The molecule has 0 spiro atoms. The second kappa shape index (κ2) is 10.5. The molecule has 1 fully saturated rings. The molecule has 0 amide bonds. The Hall–Kier alpha value is -3.85. The van der Waals surface area contributed by atoms with Crippen LogP contribution in [0.5, 0.6) is 5.75 Å². The van der Waals surface area contributed by atoms with E-state index in [1.54, 1.807) is 0 Å². The molecule has 194 valence electrons. The van der Waals surface area contributed by atoms with Crippen LogP contribution in [0, 0.1) is 17.6 Å². The monoisotopic (exact) mass is 534 g/mol. The van der Waals surface area contributed by atoms with Gasteiger partial charge in [-0.15, -0.1) is 5.10 Å². The SMILES string of the molecule is Fc1cc(-c2nnn[nH]2)cc(F)c1OCC(C1CCCCC1)n1c(-c2ccc(Cl)cc2)nc2ccccc21. The minimum Gasteiger partial charge on any atom is -0.485 e. The molecule has 1 aliphatic rings. The molecular formula is C28H25ClF2N6O. The number of para-hydroxylation sites is 2. The van der Waals surface area contributed by atoms with Crippen LogP contribution in [0.25, 0.3) is 33.8 Å². The normalized spacial score (nSPS) is 15.1. The Bertz CT molecular complexity index is 1520. The number of ether oxygens (including phenoxy) is 1. The van der Waals surface area contributed by atoms with Crippen molar-refractivity contribution in [1.82, 2.24) is 30.2 Å². The average molecular weight is 535 g/mol. The molecule has 7 nitrogen and oxygen atoms in total. The van der Waals surface area contributed by atoms with E-state index in [0.29, 0.717) is 5.02 Å². The predicted octanol–water partition coefficient (Wildman–Crippen LogP) is 7.02. The van der Waals surface area contributed by atoms with Gasteiger partial charge in [0.15, 0.2) is 23.2 Å². The first-order valence-corrected chi connectivity index (χ1v) is 13.0. The van der Waals surface area contributed by atoms with Crippen molar-refractivity contribution in [2.45, 2.75) is 38.1 Å². The summed E-state index contributed by atoms with van der Waals surface area (Å²) in [5.74, 6) is -0.833. The summed E-state index contributed by atoms with van der Waals surface area (Å²) in [5, 5.41) is 13.8. The van der Waals surface area contributed by atoms with E-state index in [-0.39, 0.29) is 30.0 Å². The van der Waals surface area contributed by atoms with E-state index in [9.17, 15) is 0 Å². The molecule has 0 bridgehead atoms. The number of tetrazole rings is 1. The van der Waals surface area contributed by atoms with Crippen molar-refractivity contribution in [1.29, 1.82) is 0 Å². The van der Waals surface area contributed by atoms with Gasteiger partial charge < -0.3 is 9.30 Å². The minimum absolute atomic E-state index is 0.0860. The summed E-state index contributed by atoms with van der Waals surface area (Å²) in [7, 11) is 0. The first kappa shape index (κ1) is 24.5. The first-order valence-electron chi connectivity index (χ1n) is 12.7. The van der Waals surface area contributed by atoms with Gasteiger partial charge in [-0.25, -0.2) is 18.9 Å². The summed E-state index contributed by atoms with van der Waals surface area (Å²) in [6, 6.07) is 17.6. The Balaban J connectivity index is 1.40. The zero-order valence-electron chi connectivity index (χ0n) is 20.4. The third kappa shape index (κ3) is 4.74. The molecule has 1 N–H and O–H groups in total. The lowest BCUT2D eigenvalue weighted by Crippen LogP contribution is -2.28. The summed E-state index contributed by atoms with van der Waals surface area (Å²) < 4.78 is 38.3. The van der Waals surface area contributed by atoms with Crippen LogP contribution in [0.15, 0.2) is 60.7 Å². The molecular weight excluding hydrogens is 510 g/mol. The lowest BCUT2D eigenvalue weighted by Gasteiger charge is -2.32. The van der Waals surface area contributed by atoms with Gasteiger partial charge in [0.25, 0.3) is 0 Å². The van der Waals surface area contributed by atoms with Gasteiger partial charge in [-0.05, 0) is 77.7 Å². The molecule has 1 saturated carbocycles. The van der Waals surface area contributed by atoms with Crippen LogP contribution in [0.4, 0.5) is 8.78 Å². The number of imidazole rings is 1. The summed E-state index contributed by atoms with van der Waals surface area (Å²) in [4.78, 5) is 4.95. The van der Waals surface area contributed by atoms with Crippen LogP contribution in [0.3, 0.4) is 0 Å². The number of H-pyrrole nitrogens is 1. The Morgan fingerprint density at radius 2 is 1.71 bits per heavy atom. The van der Waals surface area contributed by atoms with E-state index in [4.69, 9.17) is 21.3 Å². The minimum atomic E-state index is -0.813. The summed E-state index contributed by atoms with van der Waals surface area (Å²) >= 11 is 6.16. The molecule has 38 heavy (non-hydrogen) atoms. The van der Waals surface area contributed by atoms with Crippen molar-refractivity contribution in [2.75, 3.05) is 6.61 Å². The highest BCUT2D eigenvalue weighted by atomic mass is 35.5. The first-order chi connectivity index (χ1) is 18.6. The third-order valence-corrected chi connectivity index (χ3v) is 7.49. The number of rotatable bonds is 7. The largest absolute Gasteiger partial charge is 0.485 e. The summed E-state index contributed by atoms with van der Waals surface area (Å²) in [6.45, 7) is 0.0860. The maximum absolute atomic E-state index is 15.1. The highest BCUT2D eigenvalue weighted by Gasteiger charge is 2.30. The summed E-state index contributed by atoms with van der Waals surface area (Å²) in [6.07, 6.45) is 5.39. The van der Waals surface area contributed by atoms with Crippen LogP contribution >= 0.6 is 11.6 Å². The van der Waals surface area contributed by atoms with E-state index in [1.165, 1.54) is 18.6 Å². The molecule has 0 saturated heterocycles. The number of hydrogen-bond acceptors (Lipinski definition) is 5. The van der Waals surface area contributed by atoms with Gasteiger partial charge in [0.2, 0.25) is 0 Å². The Morgan fingerprint density at radius 3 is 2.42 bits per heavy atom. The lowest BCUT2D eigenvalue weighted by molar-refractivity contribution is 0.162. The van der Waals surface area contributed by atoms with E-state index in [1.807, 2.05) is 48.5 Å². The van der Waals surface area contributed by atoms with Crippen molar-refractivity contribution in [3.63, 3.8) is 0 Å². The molecule has 1 unspecified atom stereocenters. The third-order valence-electron chi connectivity index (χ3n) is 7.24. The second-order valence-corrected chi connectivity index (χ2v) is 10.0. The van der Waals surface area contributed by atoms with Crippen LogP contribution in [-0.2, 0) is 0 Å². The predicted molar refractivity (Wildman–Crippen MR) is 141 cm³/mol. The number of nitrogens with zero attached hydrogens (tertiary/aromatic N) is 5. The number of benzene rings is 3. The van der Waals surface area contributed by atoms with Crippen LogP contribution in [0.1, 0.15) is 38.1 Å². The van der Waals surface area contributed by atoms with Crippen molar-refractivity contribution in [3.05, 3.63) is 77.3 Å². The fourth-order valence-corrected chi connectivity index (χ4v) is 5.53. The average Bonchev–Trinajstić information content (AvgIpc) is 3.60. The van der Waals surface area contributed by atoms with E-state index in [0.717, 1.165) is 48.1 Å². The molecule has 1 aliphatic carbocycles. The lowest BCUT2D eigenvalue weighted by atomic mass is 9.83. The molecule has 3 aromatic carbocycles. The molecule has 1 atom stereocenters. The van der Waals surface area contributed by atoms with E-state index < -0.39 is 17.4 Å². The van der Waals surface area contributed by atoms with Crippen molar-refractivity contribution >= 4 is 22.6 Å². The molecule has 10 heteroatoms. The van der Waals surface area contributed by atoms with Gasteiger partial charge >= 0.3 is 0 Å². The number of hydrogen-bond donors (Lipinski definition) is 1. The molecule has 2 heterocycles. The van der Waals surface area contributed by atoms with Gasteiger partial charge in [-0.3, -0.25) is 0 Å². The van der Waals surface area contributed by atoms with Crippen LogP contribution in [0.2, 0.25) is 5.02 Å². The van der Waals surface area contributed by atoms with Gasteiger partial charge in [-0.2, -0.15) is 0 Å². The number of aromatic nitrogens is 6. The Kier molecular flexibility index (Phi) is 6.76. The van der Waals surface area contributed by atoms with E-state index in [2.05, 4.69) is 25.2 Å². The van der Waals surface area contributed by atoms with Crippen molar-refractivity contribution in [3.8, 4) is 28.5 Å². The molecule has 6 rings (SSSR count). The standard InChI is InChI=1S/C28H25ClF2N6O/c29-20-12-10-18(11-13-20)28-32-23-8-4-5-9-24(23)37(28)25(17-6-2-1-3-7-17)16-38-26-21(30)14-19(15-22(26)31)27-33-35-36-34-27/h4-5,8-15,17,25H,1-3,6-7,16H2,(H,33,34,35,36). The second-order valence-electron chi connectivity index (χ2n) is 9.60. The Morgan fingerprint density at radius 1 is 0.974 bits per heavy atom. The summed E-state index contributed by atoms with van der Waals surface area (Å²) in [5.41, 5.74) is 2.91. The van der Waals surface area contributed by atoms with Crippen LogP contribution < -0.4 is 4.74 Å². The van der Waals surface area contributed by atoms with Gasteiger partial charge in [-0.1, -0.05) is 43.0 Å². The topological polar surface area (TPSA) is 81.5 Å². The van der Waals surface area contributed by atoms with Gasteiger partial charge in [0.05, 0.1) is 17.1 Å². The molecule has 0 aliphatic heterocycles. The maximum Gasteiger partial charge on any atom is 0.190 e. The zero-order valence-corrected chi connectivity index (χ0v) is 21.2. The van der Waals surface area contributed by atoms with Crippen molar-refractivity contribution < 1.29 is 13.5 Å². The zero-order chi connectivity index (χ0) is 26.1. The van der Waals surface area contributed by atoms with Gasteiger partial charge in [0, 0.05) is 16.1 Å². The highest BCUT2D eigenvalue weighted by Crippen LogP contribution is 2.39.